The summed E-state index contributed by atoms with van der Waals surface area (Å²) in [4.78, 5) is 0. The van der Waals surface area contributed by atoms with E-state index in [1.165, 1.54) is 25.7 Å². The van der Waals surface area contributed by atoms with Crippen LogP contribution in [-0.4, -0.2) is 6.71 Å². The van der Waals surface area contributed by atoms with Gasteiger partial charge in [-0.2, -0.15) is 0 Å². The molecule has 0 spiro atoms. The van der Waals surface area contributed by atoms with Crippen LogP contribution < -0.4 is 0 Å². The van der Waals surface area contributed by atoms with Gasteiger partial charge in [0.15, 0.2) is 6.71 Å². The summed E-state index contributed by atoms with van der Waals surface area (Å²) < 4.78 is 14.7. The Morgan fingerprint density at radius 2 is 2.00 bits per heavy atom. The first-order valence-corrected chi connectivity index (χ1v) is 9.81. The maximum atomic E-state index is 14.7. The molecule has 2 rings (SSSR count). The average Bonchev–Trinajstić information content (AvgIpc) is 2.58. The second-order valence-corrected chi connectivity index (χ2v) is 7.99. The van der Waals surface area contributed by atoms with Crippen LogP contribution in [0.25, 0.3) is 0 Å². The molecule has 0 aliphatic heterocycles. The molecule has 1 aliphatic carbocycles. The van der Waals surface area contributed by atoms with Crippen LogP contribution in [0.4, 0.5) is 4.39 Å². The van der Waals surface area contributed by atoms with Gasteiger partial charge >= 0.3 is 0 Å². The van der Waals surface area contributed by atoms with Gasteiger partial charge in [-0.05, 0) is 68.0 Å². The Bertz CT molecular complexity index is 599. The maximum absolute atomic E-state index is 14.7. The predicted molar refractivity (Wildman–Crippen MR) is 108 cm³/mol. The smallest absolute Gasteiger partial charge is 0.170 e. The number of benzene rings is 1. The maximum Gasteiger partial charge on any atom is 0.170 e. The van der Waals surface area contributed by atoms with Crippen molar-refractivity contribution in [2.45, 2.75) is 65.5 Å². The van der Waals surface area contributed by atoms with Gasteiger partial charge in [0, 0.05) is 5.92 Å². The molecule has 0 N–H and O–H groups in total. The molecule has 1 fully saturated rings. The van der Waals surface area contributed by atoms with E-state index in [1.54, 1.807) is 12.1 Å². The largest absolute Gasteiger partial charge is 0.207 e. The number of aryl methyl sites for hydroxylation is 1. The van der Waals surface area contributed by atoms with E-state index in [4.69, 9.17) is 6.42 Å². The summed E-state index contributed by atoms with van der Waals surface area (Å²) >= 11 is 0. The number of allylic oxidation sites excluding steroid dienone is 1. The third kappa shape index (κ3) is 5.00. The van der Waals surface area contributed by atoms with Crippen molar-refractivity contribution in [3.8, 4) is 12.3 Å². The van der Waals surface area contributed by atoms with Crippen molar-refractivity contribution in [1.82, 2.24) is 0 Å². The van der Waals surface area contributed by atoms with Crippen molar-refractivity contribution < 1.29 is 4.39 Å². The van der Waals surface area contributed by atoms with Crippen molar-refractivity contribution in [2.75, 3.05) is 0 Å². The molecule has 0 amide bonds. The summed E-state index contributed by atoms with van der Waals surface area (Å²) in [6.45, 7) is 8.84. The topological polar surface area (TPSA) is 0 Å². The van der Waals surface area contributed by atoms with E-state index >= 15 is 0 Å². The third-order valence-electron chi connectivity index (χ3n) is 6.12. The highest BCUT2D eigenvalue weighted by Gasteiger charge is 2.31. The van der Waals surface area contributed by atoms with E-state index in [2.05, 4.69) is 31.7 Å². The highest BCUT2D eigenvalue weighted by molar-refractivity contribution is 6.64. The predicted octanol–water partition coefficient (Wildman–Crippen LogP) is 6.46. The summed E-state index contributed by atoms with van der Waals surface area (Å²) in [5.41, 5.74) is 1.90. The van der Waals surface area contributed by atoms with Crippen LogP contribution in [0, 0.1) is 42.8 Å². The van der Waals surface area contributed by atoms with Gasteiger partial charge in [-0.15, -0.1) is 24.4 Å². The first-order chi connectivity index (χ1) is 12.0. The van der Waals surface area contributed by atoms with Crippen LogP contribution >= 0.6 is 0 Å². The fourth-order valence-corrected chi connectivity index (χ4v) is 4.51. The molecule has 1 aliphatic rings. The Balaban J connectivity index is 2.28. The van der Waals surface area contributed by atoms with Crippen molar-refractivity contribution in [1.29, 1.82) is 0 Å². The molecule has 2 heteroatoms. The first kappa shape index (κ1) is 19.8. The van der Waals surface area contributed by atoms with E-state index in [0.29, 0.717) is 5.92 Å². The van der Waals surface area contributed by atoms with Gasteiger partial charge in [0.2, 0.25) is 0 Å². The summed E-state index contributed by atoms with van der Waals surface area (Å²) in [5.74, 6) is 6.96. The van der Waals surface area contributed by atoms with Crippen LogP contribution in [0.5, 0.6) is 0 Å². The number of terminal acetylenes is 1. The van der Waals surface area contributed by atoms with Gasteiger partial charge in [-0.3, -0.25) is 0 Å². The van der Waals surface area contributed by atoms with E-state index < -0.39 is 0 Å². The van der Waals surface area contributed by atoms with Crippen LogP contribution in [0.2, 0.25) is 6.82 Å². The summed E-state index contributed by atoms with van der Waals surface area (Å²) in [7, 11) is 0. The van der Waals surface area contributed by atoms with Crippen LogP contribution in [0.1, 0.15) is 62.9 Å². The monoisotopic (exact) mass is 338 g/mol. The Hall–Kier alpha value is -1.49. The first-order valence-electron chi connectivity index (χ1n) is 9.81. The van der Waals surface area contributed by atoms with E-state index in [9.17, 15) is 4.39 Å². The van der Waals surface area contributed by atoms with Gasteiger partial charge in [-0.25, -0.2) is 4.39 Å². The minimum absolute atomic E-state index is 0.0885. The quantitative estimate of drug-likeness (QED) is 0.412. The van der Waals surface area contributed by atoms with Gasteiger partial charge in [-0.1, -0.05) is 38.7 Å². The number of hydrogen-bond donors (Lipinski definition) is 0. The van der Waals surface area contributed by atoms with Crippen molar-refractivity contribution in [3.63, 3.8) is 0 Å². The molecule has 134 valence electrons. The molecule has 0 saturated heterocycles. The van der Waals surface area contributed by atoms with Crippen LogP contribution in [0.3, 0.4) is 0 Å². The fourth-order valence-electron chi connectivity index (χ4n) is 4.51. The van der Waals surface area contributed by atoms with E-state index in [0.717, 1.165) is 23.5 Å². The average molecular weight is 338 g/mol. The molecule has 0 heterocycles. The van der Waals surface area contributed by atoms with Gasteiger partial charge < -0.3 is 0 Å². The molecule has 1 aromatic carbocycles. The SMILES string of the molecule is C#CC(CC(B(C)/C=C\C)c1c(C)cccc1F)C1CCC(C)CC1. The van der Waals surface area contributed by atoms with Crippen molar-refractivity contribution in [2.24, 2.45) is 17.8 Å². The second-order valence-electron chi connectivity index (χ2n) is 7.99. The molecule has 0 radical (unpaired) electrons. The number of rotatable bonds is 6. The zero-order valence-corrected chi connectivity index (χ0v) is 16.3. The van der Waals surface area contributed by atoms with Crippen molar-refractivity contribution >= 4 is 6.71 Å². The Labute approximate surface area is 154 Å². The Morgan fingerprint density at radius 1 is 1.32 bits per heavy atom. The highest BCUT2D eigenvalue weighted by atomic mass is 19.1. The highest BCUT2D eigenvalue weighted by Crippen LogP contribution is 2.39. The van der Waals surface area contributed by atoms with Crippen LogP contribution in [0.15, 0.2) is 30.3 Å². The zero-order chi connectivity index (χ0) is 18.4. The summed E-state index contributed by atoms with van der Waals surface area (Å²) in [5, 5.41) is 0. The lowest BCUT2D eigenvalue weighted by atomic mass is 9.39. The molecule has 25 heavy (non-hydrogen) atoms. The molecule has 0 bridgehead atoms. The number of hydrogen-bond acceptors (Lipinski definition) is 0. The zero-order valence-electron chi connectivity index (χ0n) is 16.3. The minimum Gasteiger partial charge on any atom is -0.207 e. The Kier molecular flexibility index (Phi) is 7.36. The molecular weight excluding hydrogens is 306 g/mol. The standard InChI is InChI=1S/C23H32BF/c1-6-15-24(5)21(23-18(4)9-8-10-22(23)25)16-19(7-2)20-13-11-17(3)12-14-20/h2,6,8-10,15,17,19-21H,11-14,16H2,1,3-5H3/b15-6-. The second kappa shape index (κ2) is 9.28. The lowest BCUT2D eigenvalue weighted by molar-refractivity contribution is 0.236. The normalized spacial score (nSPS) is 23.2. The molecule has 2 unspecified atom stereocenters. The van der Waals surface area contributed by atoms with Crippen molar-refractivity contribution in [3.05, 3.63) is 47.2 Å². The lowest BCUT2D eigenvalue weighted by Crippen LogP contribution is -2.27. The van der Waals surface area contributed by atoms with Gasteiger partial charge in [0.05, 0.1) is 0 Å². The molecule has 0 aromatic heterocycles. The van der Waals surface area contributed by atoms with Gasteiger partial charge in [0.1, 0.15) is 5.82 Å². The van der Waals surface area contributed by atoms with Crippen LogP contribution in [-0.2, 0) is 0 Å². The molecule has 1 aromatic rings. The third-order valence-corrected chi connectivity index (χ3v) is 6.12. The molecule has 2 atom stereocenters. The van der Waals surface area contributed by atoms with Gasteiger partial charge in [0.25, 0.3) is 0 Å². The molecular formula is C23H32BF. The van der Waals surface area contributed by atoms with E-state index in [1.807, 2.05) is 19.9 Å². The minimum atomic E-state index is -0.0885. The fraction of sp³-hybridized carbons (Fsp3) is 0.565. The number of halogens is 1. The van der Waals surface area contributed by atoms with E-state index in [-0.39, 0.29) is 24.3 Å². The molecule has 1 saturated carbocycles. The summed E-state index contributed by atoms with van der Waals surface area (Å²) in [6.07, 6.45) is 13.9. The molecule has 0 nitrogen and oxygen atoms in total. The lowest BCUT2D eigenvalue weighted by Gasteiger charge is -2.33. The Morgan fingerprint density at radius 3 is 2.56 bits per heavy atom. The summed E-state index contributed by atoms with van der Waals surface area (Å²) in [6, 6.07) is 5.40.